The summed E-state index contributed by atoms with van der Waals surface area (Å²) in [5, 5.41) is 3.60. The number of hydrogen-bond acceptors (Lipinski definition) is 5. The van der Waals surface area contributed by atoms with E-state index in [9.17, 15) is 13.2 Å². The first kappa shape index (κ1) is 15.7. The number of hydrogen-bond donors (Lipinski definition) is 1. The molecule has 1 amide bonds. The number of sulfone groups is 1. The summed E-state index contributed by atoms with van der Waals surface area (Å²) in [5.74, 6) is 0.537. The number of pyridine rings is 1. The van der Waals surface area contributed by atoms with Crippen molar-refractivity contribution < 1.29 is 17.9 Å². The fourth-order valence-corrected chi connectivity index (χ4v) is 4.45. The topological polar surface area (TPSA) is 85.4 Å². The quantitative estimate of drug-likeness (QED) is 0.919. The average molecular weight is 334 g/mol. The number of rotatable bonds is 3. The molecule has 0 spiro atoms. The molecular weight excluding hydrogens is 316 g/mol. The molecule has 1 fully saturated rings. The van der Waals surface area contributed by atoms with Gasteiger partial charge in [0.2, 0.25) is 0 Å². The molecule has 23 heavy (non-hydrogen) atoms. The molecule has 0 radical (unpaired) electrons. The summed E-state index contributed by atoms with van der Waals surface area (Å²) in [5.41, 5.74) is 1.85. The maximum absolute atomic E-state index is 12.5. The lowest BCUT2D eigenvalue weighted by atomic mass is 10.1. The first-order valence-corrected chi connectivity index (χ1v) is 9.17. The number of amides is 1. The summed E-state index contributed by atoms with van der Waals surface area (Å²) in [6.07, 6.45) is 0.460. The van der Waals surface area contributed by atoms with Crippen molar-refractivity contribution in [2.45, 2.75) is 19.4 Å². The van der Waals surface area contributed by atoms with Crippen molar-refractivity contribution in [3.05, 3.63) is 35.5 Å². The van der Waals surface area contributed by atoms with Gasteiger partial charge in [-0.05, 0) is 37.6 Å². The number of benzene rings is 1. The Morgan fingerprint density at radius 1 is 1.35 bits per heavy atom. The number of fused-ring (bicyclic) bond motifs is 1. The molecule has 1 aliphatic rings. The highest BCUT2D eigenvalue weighted by Crippen LogP contribution is 2.22. The molecule has 3 rings (SSSR count). The summed E-state index contributed by atoms with van der Waals surface area (Å²) < 4.78 is 28.2. The Morgan fingerprint density at radius 2 is 2.13 bits per heavy atom. The van der Waals surface area contributed by atoms with Crippen molar-refractivity contribution >= 4 is 26.6 Å². The lowest BCUT2D eigenvalue weighted by Crippen LogP contribution is -2.36. The van der Waals surface area contributed by atoms with Gasteiger partial charge in [-0.2, -0.15) is 0 Å². The molecular formula is C16H18N2O4S. The van der Waals surface area contributed by atoms with Crippen molar-refractivity contribution in [1.29, 1.82) is 0 Å². The summed E-state index contributed by atoms with van der Waals surface area (Å²) in [7, 11) is -1.44. The Bertz CT molecular complexity index is 877. The smallest absolute Gasteiger partial charge is 0.253 e. The van der Waals surface area contributed by atoms with E-state index in [0.717, 1.165) is 10.9 Å². The number of carbonyl (C=O) groups excluding carboxylic acids is 1. The molecule has 7 heteroatoms. The molecule has 2 heterocycles. The third-order valence-electron chi connectivity index (χ3n) is 4.02. The van der Waals surface area contributed by atoms with E-state index in [2.05, 4.69) is 10.3 Å². The normalized spacial score (nSPS) is 19.7. The zero-order chi connectivity index (χ0) is 16.6. The minimum atomic E-state index is -3.02. The highest BCUT2D eigenvalue weighted by Gasteiger charge is 2.29. The van der Waals surface area contributed by atoms with E-state index in [0.29, 0.717) is 23.4 Å². The van der Waals surface area contributed by atoms with Crippen LogP contribution in [0, 0.1) is 6.92 Å². The van der Waals surface area contributed by atoms with Crippen LogP contribution in [0.2, 0.25) is 0 Å². The second-order valence-corrected chi connectivity index (χ2v) is 7.98. The SMILES string of the molecule is COc1ccc2nc(C)c(C(=O)N[C@@H]3CCS(=O)(=O)C3)cc2c1. The molecule has 6 nitrogen and oxygen atoms in total. The number of carbonyl (C=O) groups is 1. The highest BCUT2D eigenvalue weighted by atomic mass is 32.2. The van der Waals surface area contributed by atoms with Gasteiger partial charge in [-0.1, -0.05) is 0 Å². The number of aromatic nitrogens is 1. The molecule has 1 aromatic carbocycles. The third-order valence-corrected chi connectivity index (χ3v) is 5.79. The van der Waals surface area contributed by atoms with E-state index >= 15 is 0 Å². The minimum Gasteiger partial charge on any atom is -0.497 e. The highest BCUT2D eigenvalue weighted by molar-refractivity contribution is 7.91. The Hall–Kier alpha value is -2.15. The van der Waals surface area contributed by atoms with Crippen LogP contribution in [0.15, 0.2) is 24.3 Å². The maximum atomic E-state index is 12.5. The molecule has 0 bridgehead atoms. The van der Waals surface area contributed by atoms with Crippen LogP contribution in [0.25, 0.3) is 10.9 Å². The van der Waals surface area contributed by atoms with Crippen LogP contribution in [-0.4, -0.2) is 44.0 Å². The van der Waals surface area contributed by atoms with Crippen LogP contribution >= 0.6 is 0 Å². The van der Waals surface area contributed by atoms with Gasteiger partial charge in [0, 0.05) is 11.4 Å². The second-order valence-electron chi connectivity index (χ2n) is 5.75. The largest absolute Gasteiger partial charge is 0.497 e. The van der Waals surface area contributed by atoms with Gasteiger partial charge in [-0.15, -0.1) is 0 Å². The molecule has 1 saturated heterocycles. The fourth-order valence-electron chi connectivity index (χ4n) is 2.78. The molecule has 1 N–H and O–H groups in total. The van der Waals surface area contributed by atoms with Crippen molar-refractivity contribution in [2.24, 2.45) is 0 Å². The van der Waals surface area contributed by atoms with Gasteiger partial charge >= 0.3 is 0 Å². The standard InChI is InChI=1S/C16H18N2O4S/c1-10-14(16(19)18-12-5-6-23(20,21)9-12)8-11-7-13(22-2)3-4-15(11)17-10/h3-4,7-8,12H,5-6,9H2,1-2H3,(H,18,19)/t12-/m1/s1. The molecule has 122 valence electrons. The summed E-state index contributed by atoms with van der Waals surface area (Å²) in [4.78, 5) is 16.9. The van der Waals surface area contributed by atoms with Gasteiger partial charge < -0.3 is 10.1 Å². The average Bonchev–Trinajstić information content (AvgIpc) is 2.84. The lowest BCUT2D eigenvalue weighted by molar-refractivity contribution is 0.0940. The Labute approximate surface area is 134 Å². The molecule has 1 aliphatic heterocycles. The molecule has 1 aromatic heterocycles. The number of methoxy groups -OCH3 is 1. The van der Waals surface area contributed by atoms with Crippen LogP contribution in [0.4, 0.5) is 0 Å². The number of nitrogens with one attached hydrogen (secondary N) is 1. The first-order valence-electron chi connectivity index (χ1n) is 7.34. The van der Waals surface area contributed by atoms with Gasteiger partial charge in [0.15, 0.2) is 9.84 Å². The Morgan fingerprint density at radius 3 is 2.78 bits per heavy atom. The minimum absolute atomic E-state index is 0.00657. The summed E-state index contributed by atoms with van der Waals surface area (Å²) >= 11 is 0. The van der Waals surface area contributed by atoms with Crippen molar-refractivity contribution in [3.8, 4) is 5.75 Å². The lowest BCUT2D eigenvalue weighted by Gasteiger charge is -2.13. The number of aryl methyl sites for hydroxylation is 1. The monoisotopic (exact) mass is 334 g/mol. The predicted molar refractivity (Wildman–Crippen MR) is 87.6 cm³/mol. The van der Waals surface area contributed by atoms with Crippen LogP contribution < -0.4 is 10.1 Å². The van der Waals surface area contributed by atoms with E-state index in [1.807, 2.05) is 18.2 Å². The van der Waals surface area contributed by atoms with Gasteiger partial charge in [0.05, 0.1) is 35.4 Å². The van der Waals surface area contributed by atoms with Crippen molar-refractivity contribution in [1.82, 2.24) is 10.3 Å². The van der Waals surface area contributed by atoms with Gasteiger partial charge in [-0.3, -0.25) is 9.78 Å². The number of ether oxygens (including phenoxy) is 1. The zero-order valence-electron chi connectivity index (χ0n) is 13.0. The van der Waals surface area contributed by atoms with Crippen molar-refractivity contribution in [2.75, 3.05) is 18.6 Å². The van der Waals surface area contributed by atoms with Gasteiger partial charge in [0.25, 0.3) is 5.91 Å². The Kier molecular flexibility index (Phi) is 3.97. The number of nitrogens with zero attached hydrogens (tertiary/aromatic N) is 1. The zero-order valence-corrected chi connectivity index (χ0v) is 13.8. The maximum Gasteiger partial charge on any atom is 0.253 e. The van der Waals surface area contributed by atoms with Crippen LogP contribution in [0.5, 0.6) is 5.75 Å². The molecule has 2 aromatic rings. The van der Waals surface area contributed by atoms with E-state index in [1.165, 1.54) is 0 Å². The van der Waals surface area contributed by atoms with E-state index in [1.54, 1.807) is 20.1 Å². The van der Waals surface area contributed by atoms with Gasteiger partial charge in [-0.25, -0.2) is 8.42 Å². The Balaban J connectivity index is 1.89. The van der Waals surface area contributed by atoms with Crippen LogP contribution in [-0.2, 0) is 9.84 Å². The second kappa shape index (κ2) is 5.81. The molecule has 0 unspecified atom stereocenters. The molecule has 0 aliphatic carbocycles. The van der Waals surface area contributed by atoms with Crippen LogP contribution in [0.1, 0.15) is 22.5 Å². The summed E-state index contributed by atoms with van der Waals surface area (Å²) in [6, 6.07) is 6.91. The van der Waals surface area contributed by atoms with Crippen LogP contribution in [0.3, 0.4) is 0 Å². The van der Waals surface area contributed by atoms with E-state index in [-0.39, 0.29) is 23.5 Å². The summed E-state index contributed by atoms with van der Waals surface area (Å²) in [6.45, 7) is 1.77. The fraction of sp³-hybridized carbons (Fsp3) is 0.375. The first-order chi connectivity index (χ1) is 10.9. The molecule has 0 saturated carbocycles. The predicted octanol–water partition coefficient (Wildman–Crippen LogP) is 1.47. The van der Waals surface area contributed by atoms with Gasteiger partial charge in [0.1, 0.15) is 5.75 Å². The van der Waals surface area contributed by atoms with Crippen molar-refractivity contribution in [3.63, 3.8) is 0 Å². The van der Waals surface area contributed by atoms with E-state index in [4.69, 9.17) is 4.74 Å². The van der Waals surface area contributed by atoms with E-state index < -0.39 is 9.84 Å². The molecule has 1 atom stereocenters. The third kappa shape index (κ3) is 3.29.